The van der Waals surface area contributed by atoms with Crippen LogP contribution >= 0.6 is 0 Å². The number of benzene rings is 2. The van der Waals surface area contributed by atoms with E-state index in [1.165, 1.54) is 12.1 Å². The van der Waals surface area contributed by atoms with E-state index in [1.807, 2.05) is 6.92 Å². The molecular weight excluding hydrogens is 405 g/mol. The van der Waals surface area contributed by atoms with Gasteiger partial charge in [0.05, 0.1) is 18.6 Å². The zero-order valence-corrected chi connectivity index (χ0v) is 17.2. The Morgan fingerprint density at radius 2 is 1.52 bits per heavy atom. The molecule has 7 nitrogen and oxygen atoms in total. The van der Waals surface area contributed by atoms with Crippen LogP contribution in [0.2, 0.25) is 0 Å². The molecule has 0 aliphatic heterocycles. The van der Waals surface area contributed by atoms with E-state index in [0.29, 0.717) is 17.9 Å². The molecule has 0 unspecified atom stereocenters. The van der Waals surface area contributed by atoms with Crippen molar-refractivity contribution in [2.75, 3.05) is 18.5 Å². The van der Waals surface area contributed by atoms with Crippen LogP contribution in [-0.2, 0) is 19.1 Å². The molecule has 164 valence electrons. The number of ketones is 1. The Labute approximate surface area is 179 Å². The van der Waals surface area contributed by atoms with Gasteiger partial charge in [0.2, 0.25) is 5.91 Å². The number of carbonyl (C=O) groups is 4. The predicted octanol–water partition coefficient (Wildman–Crippen LogP) is 3.93. The lowest BCUT2D eigenvalue weighted by molar-refractivity contribution is -0.143. The summed E-state index contributed by atoms with van der Waals surface area (Å²) in [4.78, 5) is 47.5. The summed E-state index contributed by atoms with van der Waals surface area (Å²) in [5, 5.41) is 2.61. The highest BCUT2D eigenvalue weighted by atomic mass is 19.1. The van der Waals surface area contributed by atoms with Crippen molar-refractivity contribution < 1.29 is 33.0 Å². The molecule has 0 heterocycles. The lowest BCUT2D eigenvalue weighted by atomic mass is 10.1. The van der Waals surface area contributed by atoms with Gasteiger partial charge in [0.15, 0.2) is 12.4 Å². The number of unbranched alkanes of at least 4 members (excludes halogenated alkanes) is 1. The fourth-order valence-corrected chi connectivity index (χ4v) is 2.46. The van der Waals surface area contributed by atoms with Gasteiger partial charge in [-0.05, 0) is 55.0 Å². The molecule has 1 amide bonds. The second-order valence-electron chi connectivity index (χ2n) is 6.71. The maximum absolute atomic E-state index is 12.9. The third kappa shape index (κ3) is 8.38. The summed E-state index contributed by atoms with van der Waals surface area (Å²) in [5.41, 5.74) is 1.07. The quantitative estimate of drug-likeness (QED) is 0.330. The first-order chi connectivity index (χ1) is 14.9. The smallest absolute Gasteiger partial charge is 0.338 e. The fraction of sp³-hybridized carbons (Fsp3) is 0.304. The van der Waals surface area contributed by atoms with Crippen LogP contribution in [0.4, 0.5) is 10.1 Å². The molecule has 31 heavy (non-hydrogen) atoms. The second kappa shape index (κ2) is 12.2. The Kier molecular flexibility index (Phi) is 9.35. The van der Waals surface area contributed by atoms with E-state index in [1.54, 1.807) is 24.3 Å². The molecule has 0 fully saturated rings. The van der Waals surface area contributed by atoms with E-state index in [9.17, 15) is 23.6 Å². The first-order valence-corrected chi connectivity index (χ1v) is 9.90. The van der Waals surface area contributed by atoms with Crippen LogP contribution in [0.5, 0.6) is 0 Å². The van der Waals surface area contributed by atoms with Crippen molar-refractivity contribution in [2.24, 2.45) is 0 Å². The van der Waals surface area contributed by atoms with Gasteiger partial charge in [0, 0.05) is 17.7 Å². The number of Topliss-reactive ketones (excluding diaryl/α,β-unsaturated/α-hetero) is 1. The number of carbonyl (C=O) groups excluding carboxylic acids is 4. The van der Waals surface area contributed by atoms with Gasteiger partial charge in [-0.2, -0.15) is 0 Å². The molecule has 0 aliphatic carbocycles. The summed E-state index contributed by atoms with van der Waals surface area (Å²) >= 11 is 0. The number of anilines is 1. The maximum atomic E-state index is 12.9. The normalized spacial score (nSPS) is 10.3. The number of amides is 1. The maximum Gasteiger partial charge on any atom is 0.338 e. The van der Waals surface area contributed by atoms with E-state index in [-0.39, 0.29) is 18.4 Å². The first kappa shape index (κ1) is 23.7. The Morgan fingerprint density at radius 3 is 2.16 bits per heavy atom. The van der Waals surface area contributed by atoms with Crippen molar-refractivity contribution >= 4 is 29.3 Å². The van der Waals surface area contributed by atoms with E-state index >= 15 is 0 Å². The zero-order chi connectivity index (χ0) is 22.6. The first-order valence-electron chi connectivity index (χ1n) is 9.90. The van der Waals surface area contributed by atoms with Crippen LogP contribution in [0.25, 0.3) is 0 Å². The van der Waals surface area contributed by atoms with Gasteiger partial charge >= 0.3 is 11.9 Å². The topological polar surface area (TPSA) is 98.8 Å². The van der Waals surface area contributed by atoms with Gasteiger partial charge in [0.25, 0.3) is 0 Å². The average molecular weight is 429 g/mol. The Morgan fingerprint density at radius 1 is 0.871 bits per heavy atom. The molecular formula is C23H24FNO6. The van der Waals surface area contributed by atoms with Gasteiger partial charge in [-0.3, -0.25) is 14.4 Å². The summed E-state index contributed by atoms with van der Waals surface area (Å²) in [6.45, 7) is 1.87. The highest BCUT2D eigenvalue weighted by molar-refractivity contribution is 5.98. The minimum absolute atomic E-state index is 0.135. The molecule has 0 aliphatic rings. The Bertz CT molecular complexity index is 909. The minimum Gasteiger partial charge on any atom is -0.462 e. The fourth-order valence-electron chi connectivity index (χ4n) is 2.46. The van der Waals surface area contributed by atoms with Crippen LogP contribution in [0.15, 0.2) is 48.5 Å². The number of nitrogens with one attached hydrogen (secondary N) is 1. The van der Waals surface area contributed by atoms with E-state index in [0.717, 1.165) is 25.0 Å². The number of hydrogen-bond donors (Lipinski definition) is 1. The van der Waals surface area contributed by atoms with E-state index < -0.39 is 36.1 Å². The summed E-state index contributed by atoms with van der Waals surface area (Å²) in [6, 6.07) is 11.1. The highest BCUT2D eigenvalue weighted by Gasteiger charge is 2.13. The van der Waals surface area contributed by atoms with Crippen LogP contribution in [0.3, 0.4) is 0 Å². The van der Waals surface area contributed by atoms with Crippen molar-refractivity contribution in [2.45, 2.75) is 32.6 Å². The van der Waals surface area contributed by atoms with Crippen molar-refractivity contribution in [3.8, 4) is 0 Å². The largest absolute Gasteiger partial charge is 0.462 e. The molecule has 0 bridgehead atoms. The zero-order valence-electron chi connectivity index (χ0n) is 17.2. The third-order valence-electron chi connectivity index (χ3n) is 4.22. The Hall–Kier alpha value is -3.55. The lowest BCUT2D eigenvalue weighted by Crippen LogP contribution is -2.17. The molecule has 0 radical (unpaired) electrons. The average Bonchev–Trinajstić information content (AvgIpc) is 2.77. The van der Waals surface area contributed by atoms with Crippen LogP contribution < -0.4 is 5.32 Å². The SMILES string of the molecule is CCCCOC(=O)c1ccc(NC(=O)CCC(=O)OCC(=O)c2ccc(F)cc2)cc1. The monoisotopic (exact) mass is 429 g/mol. The Balaban J connectivity index is 1.71. The lowest BCUT2D eigenvalue weighted by Gasteiger charge is -2.07. The van der Waals surface area contributed by atoms with Gasteiger partial charge in [-0.15, -0.1) is 0 Å². The molecule has 2 rings (SSSR count). The van der Waals surface area contributed by atoms with Gasteiger partial charge < -0.3 is 14.8 Å². The molecule has 2 aromatic rings. The van der Waals surface area contributed by atoms with E-state index in [2.05, 4.69) is 5.32 Å². The number of halogens is 1. The number of esters is 2. The number of hydrogen-bond acceptors (Lipinski definition) is 6. The van der Waals surface area contributed by atoms with Crippen LogP contribution in [-0.4, -0.2) is 36.8 Å². The van der Waals surface area contributed by atoms with Gasteiger partial charge in [0.1, 0.15) is 5.82 Å². The minimum atomic E-state index is -0.698. The standard InChI is InChI=1S/C23H24FNO6/c1-2-3-14-30-23(29)17-6-10-19(11-7-17)25-21(27)12-13-22(28)31-15-20(26)16-4-8-18(24)9-5-16/h4-11H,2-3,12-15H2,1H3,(H,25,27). The summed E-state index contributed by atoms with van der Waals surface area (Å²) in [5.74, 6) is -2.48. The van der Waals surface area contributed by atoms with Gasteiger partial charge in [-0.25, -0.2) is 9.18 Å². The molecule has 0 saturated carbocycles. The molecule has 1 N–H and O–H groups in total. The van der Waals surface area contributed by atoms with Crippen LogP contribution in [0, 0.1) is 5.82 Å². The molecule has 0 aromatic heterocycles. The number of rotatable bonds is 11. The third-order valence-corrected chi connectivity index (χ3v) is 4.22. The summed E-state index contributed by atoms with van der Waals surface area (Å²) in [7, 11) is 0. The van der Waals surface area contributed by atoms with Crippen LogP contribution in [0.1, 0.15) is 53.3 Å². The highest BCUT2D eigenvalue weighted by Crippen LogP contribution is 2.12. The van der Waals surface area contributed by atoms with Crippen molar-refractivity contribution in [3.63, 3.8) is 0 Å². The molecule has 2 aromatic carbocycles. The second-order valence-corrected chi connectivity index (χ2v) is 6.71. The van der Waals surface area contributed by atoms with Gasteiger partial charge in [-0.1, -0.05) is 13.3 Å². The number of ether oxygens (including phenoxy) is 2. The summed E-state index contributed by atoms with van der Waals surface area (Å²) < 4.78 is 22.8. The van der Waals surface area contributed by atoms with Crippen molar-refractivity contribution in [1.29, 1.82) is 0 Å². The molecule has 0 spiro atoms. The molecule has 0 saturated heterocycles. The van der Waals surface area contributed by atoms with Crippen molar-refractivity contribution in [3.05, 3.63) is 65.5 Å². The van der Waals surface area contributed by atoms with Crippen molar-refractivity contribution in [1.82, 2.24) is 0 Å². The molecule has 0 atom stereocenters. The van der Waals surface area contributed by atoms with E-state index in [4.69, 9.17) is 9.47 Å². The molecule has 8 heteroatoms. The summed E-state index contributed by atoms with van der Waals surface area (Å²) in [6.07, 6.45) is 1.38. The predicted molar refractivity (Wildman–Crippen MR) is 111 cm³/mol.